The zero-order chi connectivity index (χ0) is 15.6. The maximum Gasteiger partial charge on any atom is 0.174 e. The number of rotatable bonds is 4. The van der Waals surface area contributed by atoms with Crippen molar-refractivity contribution in [2.45, 2.75) is 45.0 Å². The van der Waals surface area contributed by atoms with Crippen molar-refractivity contribution in [2.75, 3.05) is 13.2 Å². The van der Waals surface area contributed by atoms with E-state index in [-0.39, 0.29) is 12.4 Å². The van der Waals surface area contributed by atoms with Gasteiger partial charge in [-0.3, -0.25) is 0 Å². The third kappa shape index (κ3) is 3.09. The molecule has 6 nitrogen and oxygen atoms in total. The van der Waals surface area contributed by atoms with Crippen LogP contribution in [0.3, 0.4) is 0 Å². The van der Waals surface area contributed by atoms with Crippen LogP contribution in [0.5, 0.6) is 0 Å². The highest BCUT2D eigenvalue weighted by molar-refractivity contribution is 5.86. The second-order valence-electron chi connectivity index (χ2n) is 6.18. The Morgan fingerprint density at radius 1 is 1.39 bits per heavy atom. The minimum absolute atomic E-state index is 0.0933. The van der Waals surface area contributed by atoms with Gasteiger partial charge < -0.3 is 18.7 Å². The number of fused-ring (bicyclic) bond motifs is 1. The van der Waals surface area contributed by atoms with E-state index in [2.05, 4.69) is 33.6 Å². The molecule has 0 aliphatic carbocycles. The largest absolute Gasteiger partial charge is 0.386 e. The van der Waals surface area contributed by atoms with Gasteiger partial charge in [-0.1, -0.05) is 5.16 Å². The topological polar surface area (TPSA) is 57.4 Å². The van der Waals surface area contributed by atoms with Gasteiger partial charge in [0.1, 0.15) is 5.65 Å². The molecule has 4 rings (SSSR count). The predicted molar refractivity (Wildman–Crippen MR) is 85.4 cm³/mol. The molecule has 0 saturated carbocycles. The summed E-state index contributed by atoms with van der Waals surface area (Å²) in [6, 6.07) is 4.13. The number of hydrogen-bond acceptors (Lipinski definition) is 5. The fourth-order valence-electron chi connectivity index (χ4n) is 3.04. The molecule has 0 radical (unpaired) electrons. The third-order valence-corrected chi connectivity index (χ3v) is 4.33. The first-order valence-electron chi connectivity index (χ1n) is 8.18. The minimum Gasteiger partial charge on any atom is -0.386 e. The molecule has 0 N–H and O–H groups in total. The highest BCUT2D eigenvalue weighted by atomic mass is 16.7. The quantitative estimate of drug-likeness (QED) is 0.870. The number of oxime groups is 1. The number of hydrogen-bond donors (Lipinski definition) is 0. The summed E-state index contributed by atoms with van der Waals surface area (Å²) in [6.07, 6.45) is 7.68. The van der Waals surface area contributed by atoms with Crippen LogP contribution in [0.4, 0.5) is 0 Å². The molecule has 23 heavy (non-hydrogen) atoms. The second kappa shape index (κ2) is 6.29. The lowest BCUT2D eigenvalue weighted by molar-refractivity contribution is -0.153. The normalized spacial score (nSPS) is 24.7. The number of pyridine rings is 1. The van der Waals surface area contributed by atoms with Crippen LogP contribution in [0.1, 0.15) is 43.0 Å². The molecule has 2 aliphatic rings. The van der Waals surface area contributed by atoms with Gasteiger partial charge in [0.2, 0.25) is 0 Å². The van der Waals surface area contributed by atoms with Crippen LogP contribution in [0.15, 0.2) is 29.7 Å². The summed E-state index contributed by atoms with van der Waals surface area (Å²) in [5.74, 6) is 0. The van der Waals surface area contributed by atoms with Crippen LogP contribution >= 0.6 is 0 Å². The number of nitrogens with zero attached hydrogens (tertiary/aromatic N) is 3. The summed E-state index contributed by atoms with van der Waals surface area (Å²) in [5, 5.41) is 4.18. The highest BCUT2D eigenvalue weighted by Gasteiger charge is 2.26. The van der Waals surface area contributed by atoms with E-state index in [9.17, 15) is 0 Å². The number of aryl methyl sites for hydroxylation is 1. The summed E-state index contributed by atoms with van der Waals surface area (Å²) >= 11 is 0. The average Bonchev–Trinajstić information content (AvgIpc) is 3.20. The van der Waals surface area contributed by atoms with Gasteiger partial charge in [-0.2, -0.15) is 0 Å². The van der Waals surface area contributed by atoms with Gasteiger partial charge in [0.05, 0.1) is 24.2 Å². The molecule has 4 heterocycles. The van der Waals surface area contributed by atoms with E-state index in [1.165, 1.54) is 5.56 Å². The standard InChI is InChI=1S/C17H21N3O3/c1-12-5-6-20-14(10-18-16(20)8-12)15-9-13(19-23-15)11-22-17-4-2-3-7-21-17/h5-6,8,10,15,17H,2-4,7,9,11H2,1H3. The molecule has 122 valence electrons. The zero-order valence-electron chi connectivity index (χ0n) is 13.3. The molecule has 2 aromatic rings. The molecule has 6 heteroatoms. The van der Waals surface area contributed by atoms with E-state index in [0.29, 0.717) is 6.61 Å². The van der Waals surface area contributed by atoms with Crippen LogP contribution in [-0.2, 0) is 14.3 Å². The monoisotopic (exact) mass is 315 g/mol. The zero-order valence-corrected chi connectivity index (χ0v) is 13.3. The summed E-state index contributed by atoms with van der Waals surface area (Å²) in [4.78, 5) is 10.0. The molecule has 2 unspecified atom stereocenters. The van der Waals surface area contributed by atoms with Crippen LogP contribution in [0, 0.1) is 6.92 Å². The van der Waals surface area contributed by atoms with Crippen molar-refractivity contribution in [3.05, 3.63) is 35.8 Å². The van der Waals surface area contributed by atoms with E-state index in [4.69, 9.17) is 14.3 Å². The van der Waals surface area contributed by atoms with Gasteiger partial charge in [-0.25, -0.2) is 4.98 Å². The minimum atomic E-state index is -0.0985. The summed E-state index contributed by atoms with van der Waals surface area (Å²) in [7, 11) is 0. The molecule has 2 aromatic heterocycles. The second-order valence-corrected chi connectivity index (χ2v) is 6.18. The van der Waals surface area contributed by atoms with E-state index in [1.807, 2.05) is 12.4 Å². The SMILES string of the molecule is Cc1ccn2c(C3CC(COC4CCCCO4)=NO3)cnc2c1. The van der Waals surface area contributed by atoms with Crippen molar-refractivity contribution in [1.29, 1.82) is 0 Å². The average molecular weight is 315 g/mol. The van der Waals surface area contributed by atoms with Gasteiger partial charge in [0.25, 0.3) is 0 Å². The van der Waals surface area contributed by atoms with Gasteiger partial charge in [-0.05, 0) is 43.9 Å². The molecule has 0 amide bonds. The Bertz CT molecular complexity index is 719. The fourth-order valence-corrected chi connectivity index (χ4v) is 3.04. The van der Waals surface area contributed by atoms with Gasteiger partial charge in [-0.15, -0.1) is 0 Å². The van der Waals surface area contributed by atoms with Gasteiger partial charge in [0, 0.05) is 19.2 Å². The molecule has 0 aromatic carbocycles. The molecule has 2 aliphatic heterocycles. The van der Waals surface area contributed by atoms with Gasteiger partial charge >= 0.3 is 0 Å². The maximum atomic E-state index is 5.78. The molecular weight excluding hydrogens is 294 g/mol. The highest BCUT2D eigenvalue weighted by Crippen LogP contribution is 2.28. The Hall–Kier alpha value is -1.92. The van der Waals surface area contributed by atoms with Gasteiger partial charge in [0.15, 0.2) is 12.4 Å². The smallest absolute Gasteiger partial charge is 0.174 e. The maximum absolute atomic E-state index is 5.78. The Morgan fingerprint density at radius 3 is 3.22 bits per heavy atom. The first-order valence-corrected chi connectivity index (χ1v) is 8.18. The fraction of sp³-hybridized carbons (Fsp3) is 0.529. The molecule has 1 saturated heterocycles. The molecule has 1 fully saturated rings. The molecule has 0 bridgehead atoms. The van der Waals surface area contributed by atoms with Crippen LogP contribution in [0.2, 0.25) is 0 Å². The Labute approximate surface area is 135 Å². The van der Waals surface area contributed by atoms with E-state index in [1.54, 1.807) is 0 Å². The number of aromatic nitrogens is 2. The van der Waals surface area contributed by atoms with Crippen molar-refractivity contribution in [3.63, 3.8) is 0 Å². The lowest BCUT2D eigenvalue weighted by Crippen LogP contribution is -2.24. The van der Waals surface area contributed by atoms with Crippen molar-refractivity contribution >= 4 is 11.4 Å². The third-order valence-electron chi connectivity index (χ3n) is 4.33. The van der Waals surface area contributed by atoms with Crippen LogP contribution in [0.25, 0.3) is 5.65 Å². The van der Waals surface area contributed by atoms with Crippen molar-refractivity contribution in [3.8, 4) is 0 Å². The van der Waals surface area contributed by atoms with Crippen molar-refractivity contribution < 1.29 is 14.3 Å². The Kier molecular flexibility index (Phi) is 4.01. The first kappa shape index (κ1) is 14.7. The summed E-state index contributed by atoms with van der Waals surface area (Å²) < 4.78 is 13.4. The van der Waals surface area contributed by atoms with E-state index >= 15 is 0 Å². The Morgan fingerprint density at radius 2 is 2.35 bits per heavy atom. The lowest BCUT2D eigenvalue weighted by Gasteiger charge is -2.22. The molecule has 0 spiro atoms. The van der Waals surface area contributed by atoms with E-state index in [0.717, 1.165) is 49.3 Å². The number of ether oxygens (including phenoxy) is 2. The molecular formula is C17H21N3O3. The lowest BCUT2D eigenvalue weighted by atomic mass is 10.1. The molecule has 2 atom stereocenters. The predicted octanol–water partition coefficient (Wildman–Crippen LogP) is 3.00. The van der Waals surface area contributed by atoms with E-state index < -0.39 is 0 Å². The van der Waals surface area contributed by atoms with Crippen molar-refractivity contribution in [1.82, 2.24) is 9.38 Å². The Balaban J connectivity index is 1.38. The van der Waals surface area contributed by atoms with Crippen LogP contribution < -0.4 is 0 Å². The number of imidazole rings is 1. The van der Waals surface area contributed by atoms with Crippen LogP contribution in [-0.4, -0.2) is 34.6 Å². The summed E-state index contributed by atoms with van der Waals surface area (Å²) in [6.45, 7) is 3.32. The summed E-state index contributed by atoms with van der Waals surface area (Å²) in [5.41, 5.74) is 4.07. The first-order chi connectivity index (χ1) is 11.3. The van der Waals surface area contributed by atoms with Crippen molar-refractivity contribution in [2.24, 2.45) is 5.16 Å².